The molecule has 0 aromatic rings. The van der Waals surface area contributed by atoms with Crippen LogP contribution in [0.2, 0.25) is 0 Å². The summed E-state index contributed by atoms with van der Waals surface area (Å²) in [4.78, 5) is 0. The van der Waals surface area contributed by atoms with Crippen LogP contribution in [0.15, 0.2) is 0 Å². The molecule has 0 aliphatic carbocycles. The molecule has 0 aromatic heterocycles. The van der Waals surface area contributed by atoms with E-state index in [1.807, 2.05) is 0 Å². The summed E-state index contributed by atoms with van der Waals surface area (Å²) in [5, 5.41) is 0. The Balaban J connectivity index is -0.000000000179. The summed E-state index contributed by atoms with van der Waals surface area (Å²) in [6, 6.07) is 0. The SMILES string of the molecule is O.O.O.O.O.O.O.O.[Cl][Hf]. The van der Waals surface area contributed by atoms with E-state index in [0.29, 0.717) is 0 Å². The first-order valence-electron chi connectivity index (χ1n) is 0.189. The van der Waals surface area contributed by atoms with Crippen molar-refractivity contribution in [3.05, 3.63) is 0 Å². The second kappa shape index (κ2) is 1090. The van der Waals surface area contributed by atoms with Gasteiger partial charge in [-0.2, -0.15) is 0 Å². The Morgan fingerprint density at radius 2 is 0.400 bits per heavy atom. The maximum absolute atomic E-state index is 4.78. The van der Waals surface area contributed by atoms with Crippen molar-refractivity contribution in [2.75, 3.05) is 0 Å². The Labute approximate surface area is 75.8 Å². The van der Waals surface area contributed by atoms with Crippen LogP contribution in [0.3, 0.4) is 0 Å². The molecule has 0 saturated heterocycles. The van der Waals surface area contributed by atoms with Crippen LogP contribution in [-0.2, 0) is 23.2 Å². The summed E-state index contributed by atoms with van der Waals surface area (Å²) >= 11 is 0.778. The van der Waals surface area contributed by atoms with E-state index in [1.165, 1.54) is 0 Å². The molecule has 10 heavy (non-hydrogen) atoms. The average Bonchev–Trinajstić information content (AvgIpc) is 1.00. The Hall–Kier alpha value is 0.840. The molecule has 0 amide bonds. The monoisotopic (exact) mass is 359 g/mol. The molecule has 0 heterocycles. The van der Waals surface area contributed by atoms with E-state index in [2.05, 4.69) is 0 Å². The molecule has 0 unspecified atom stereocenters. The maximum atomic E-state index is 4.78. The van der Waals surface area contributed by atoms with E-state index in [-0.39, 0.29) is 43.8 Å². The van der Waals surface area contributed by atoms with Crippen molar-refractivity contribution >= 4 is 8.58 Å². The van der Waals surface area contributed by atoms with Crippen molar-refractivity contribution in [1.82, 2.24) is 0 Å². The molecule has 0 atom stereocenters. The topological polar surface area (TPSA) is 252 Å². The zero-order valence-electron chi connectivity index (χ0n) is 4.88. The molecular weight excluding hydrogens is 342 g/mol. The second-order valence-corrected chi connectivity index (χ2v) is 0. The van der Waals surface area contributed by atoms with Crippen molar-refractivity contribution in [2.45, 2.75) is 0 Å². The van der Waals surface area contributed by atoms with Gasteiger partial charge < -0.3 is 43.8 Å². The summed E-state index contributed by atoms with van der Waals surface area (Å²) in [6.45, 7) is 0. The van der Waals surface area contributed by atoms with Crippen LogP contribution < -0.4 is 0 Å². The Morgan fingerprint density at radius 1 is 0.400 bits per heavy atom. The quantitative estimate of drug-likeness (QED) is 0.367. The molecule has 75 valence electrons. The third-order valence-corrected chi connectivity index (χ3v) is 0. The fraction of sp³-hybridized carbons (Fsp3) is 0. The minimum absolute atomic E-state index is 0. The van der Waals surface area contributed by atoms with Crippen molar-refractivity contribution in [2.24, 2.45) is 0 Å². The van der Waals surface area contributed by atoms with E-state index < -0.39 is 0 Å². The predicted octanol–water partition coefficient (Wildman–Crippen LogP) is -5.91. The first kappa shape index (κ1) is 310. The van der Waals surface area contributed by atoms with E-state index in [0.717, 1.165) is 23.2 Å². The van der Waals surface area contributed by atoms with Gasteiger partial charge in [-0.3, -0.25) is 0 Å². The van der Waals surface area contributed by atoms with Gasteiger partial charge >= 0.3 is 31.8 Å². The summed E-state index contributed by atoms with van der Waals surface area (Å²) in [6.07, 6.45) is 0. The van der Waals surface area contributed by atoms with Crippen LogP contribution in [0.4, 0.5) is 0 Å². The first-order chi connectivity index (χ1) is 1.00. The van der Waals surface area contributed by atoms with Gasteiger partial charge in [0.25, 0.3) is 0 Å². The third-order valence-electron chi connectivity index (χ3n) is 0. The Morgan fingerprint density at radius 3 is 0.400 bits per heavy atom. The normalized spacial score (nSPS) is 0.400. The van der Waals surface area contributed by atoms with Gasteiger partial charge in [-0.05, 0) is 0 Å². The minimum atomic E-state index is 0. The molecule has 0 saturated carbocycles. The van der Waals surface area contributed by atoms with Gasteiger partial charge in [0, 0.05) is 0 Å². The van der Waals surface area contributed by atoms with Crippen LogP contribution in [0, 0.1) is 0 Å². The van der Waals surface area contributed by atoms with Crippen molar-refractivity contribution < 1.29 is 67.0 Å². The van der Waals surface area contributed by atoms with Crippen LogP contribution in [0.5, 0.6) is 0 Å². The van der Waals surface area contributed by atoms with E-state index in [4.69, 9.17) is 8.58 Å². The molecule has 0 radical (unpaired) electrons. The van der Waals surface area contributed by atoms with Crippen LogP contribution >= 0.6 is 8.58 Å². The molecule has 16 N–H and O–H groups in total. The van der Waals surface area contributed by atoms with Gasteiger partial charge in [0.15, 0.2) is 0 Å². The molecule has 8 nitrogen and oxygen atoms in total. The Kier molecular flexibility index (Phi) is 33800. The zero-order valence-corrected chi connectivity index (χ0v) is 9.23. The number of hydrogen-bond donors (Lipinski definition) is 0. The average molecular weight is 358 g/mol. The molecule has 0 aromatic carbocycles. The van der Waals surface area contributed by atoms with Gasteiger partial charge in [0.05, 0.1) is 0 Å². The molecule has 0 aliphatic heterocycles. The standard InChI is InChI=1S/ClH.Hf.8H2O/h1H;;8*1H2/q;+1;;;;;;;;/p-1. The van der Waals surface area contributed by atoms with Crippen molar-refractivity contribution in [3.8, 4) is 0 Å². The third kappa shape index (κ3) is 770. The van der Waals surface area contributed by atoms with Gasteiger partial charge in [0.1, 0.15) is 0 Å². The molecule has 0 aliphatic rings. The first-order valence-corrected chi connectivity index (χ1v) is 4.64. The van der Waals surface area contributed by atoms with Crippen LogP contribution in [-0.4, -0.2) is 43.8 Å². The number of halogens is 1. The van der Waals surface area contributed by atoms with E-state index in [9.17, 15) is 0 Å². The molecule has 10 heteroatoms. The summed E-state index contributed by atoms with van der Waals surface area (Å²) in [5.74, 6) is 0. The van der Waals surface area contributed by atoms with Gasteiger partial charge in [0.2, 0.25) is 0 Å². The molecule has 0 rings (SSSR count). The number of hydrogen-bond acceptors (Lipinski definition) is 0. The van der Waals surface area contributed by atoms with Gasteiger partial charge in [-0.15, -0.1) is 0 Å². The van der Waals surface area contributed by atoms with E-state index >= 15 is 0 Å². The van der Waals surface area contributed by atoms with Crippen LogP contribution in [0.1, 0.15) is 0 Å². The zero-order chi connectivity index (χ0) is 2.00. The molecule has 0 spiro atoms. The van der Waals surface area contributed by atoms with Crippen LogP contribution in [0.25, 0.3) is 0 Å². The summed E-state index contributed by atoms with van der Waals surface area (Å²) < 4.78 is 0. The molecular formula is H16ClHfO8. The fourth-order valence-corrected chi connectivity index (χ4v) is 0. The van der Waals surface area contributed by atoms with Crippen molar-refractivity contribution in [1.29, 1.82) is 0 Å². The fourth-order valence-electron chi connectivity index (χ4n) is 0. The summed E-state index contributed by atoms with van der Waals surface area (Å²) in [7, 11) is 4.78. The number of rotatable bonds is 0. The second-order valence-electron chi connectivity index (χ2n) is 0. The van der Waals surface area contributed by atoms with E-state index in [1.54, 1.807) is 0 Å². The molecule has 0 fully saturated rings. The molecule has 0 bridgehead atoms. The van der Waals surface area contributed by atoms with Crippen molar-refractivity contribution in [3.63, 3.8) is 0 Å². The van der Waals surface area contributed by atoms with Gasteiger partial charge in [-0.1, -0.05) is 0 Å². The Bertz CT molecular complexity index is 9.22. The summed E-state index contributed by atoms with van der Waals surface area (Å²) in [5.41, 5.74) is 0. The van der Waals surface area contributed by atoms with Gasteiger partial charge in [-0.25, -0.2) is 0 Å². The predicted molar refractivity (Wildman–Crippen MR) is 34.8 cm³/mol.